The minimum atomic E-state index is -0.818. The number of hydrogen-bond donors (Lipinski definition) is 1. The Balaban J connectivity index is 1.66. The van der Waals surface area contributed by atoms with E-state index in [4.69, 9.17) is 32.7 Å². The van der Waals surface area contributed by atoms with Crippen LogP contribution in [0.1, 0.15) is 23.6 Å². The smallest absolute Gasteiger partial charge is 0.335 e. The molecule has 1 aliphatic heterocycles. The van der Waals surface area contributed by atoms with Crippen LogP contribution in [0.2, 0.25) is 10.0 Å². The van der Waals surface area contributed by atoms with Crippen LogP contribution in [0.4, 0.5) is 10.5 Å². The molecule has 11 heteroatoms. The van der Waals surface area contributed by atoms with Crippen LogP contribution in [0.25, 0.3) is 6.08 Å². The number of aryl methyl sites for hydroxylation is 1. The first-order valence-electron chi connectivity index (χ1n) is 11.3. The van der Waals surface area contributed by atoms with Gasteiger partial charge in [0.15, 0.2) is 11.5 Å². The lowest BCUT2D eigenvalue weighted by Gasteiger charge is -2.26. The van der Waals surface area contributed by atoms with Crippen molar-refractivity contribution >= 4 is 84.7 Å². The van der Waals surface area contributed by atoms with Crippen molar-refractivity contribution in [2.24, 2.45) is 0 Å². The Labute approximate surface area is 245 Å². The third kappa shape index (κ3) is 6.07. The van der Waals surface area contributed by atoms with E-state index in [0.717, 1.165) is 20.5 Å². The summed E-state index contributed by atoms with van der Waals surface area (Å²) >= 11 is 19.0. The maximum atomic E-state index is 13.3. The summed E-state index contributed by atoms with van der Waals surface area (Å²) < 4.78 is 13.1. The van der Waals surface area contributed by atoms with Gasteiger partial charge in [0.1, 0.15) is 12.2 Å². The second kappa shape index (κ2) is 11.9. The van der Waals surface area contributed by atoms with Gasteiger partial charge in [-0.3, -0.25) is 14.9 Å². The summed E-state index contributed by atoms with van der Waals surface area (Å²) in [6, 6.07) is 12.7. The monoisotopic (exact) mass is 680 g/mol. The number of anilines is 1. The van der Waals surface area contributed by atoms with Gasteiger partial charge in [0.05, 0.1) is 26.8 Å². The summed E-state index contributed by atoms with van der Waals surface area (Å²) in [6.07, 6.45) is 1.40. The molecule has 0 saturated carbocycles. The van der Waals surface area contributed by atoms with Gasteiger partial charge in [-0.1, -0.05) is 45.2 Å². The molecule has 7 nitrogen and oxygen atoms in total. The minimum absolute atomic E-state index is 0.195. The molecule has 196 valence electrons. The Morgan fingerprint density at radius 3 is 2.39 bits per heavy atom. The van der Waals surface area contributed by atoms with Crippen LogP contribution in [0.3, 0.4) is 0 Å². The number of ether oxygens (including phenoxy) is 2. The van der Waals surface area contributed by atoms with Crippen LogP contribution in [0.15, 0.2) is 63.0 Å². The molecule has 0 bridgehead atoms. The van der Waals surface area contributed by atoms with E-state index in [2.05, 4.69) is 37.2 Å². The first-order chi connectivity index (χ1) is 18.1. The van der Waals surface area contributed by atoms with Crippen LogP contribution in [-0.4, -0.2) is 24.5 Å². The van der Waals surface area contributed by atoms with E-state index in [1.165, 1.54) is 6.08 Å². The van der Waals surface area contributed by atoms with Crippen molar-refractivity contribution in [3.8, 4) is 11.5 Å². The van der Waals surface area contributed by atoms with Crippen molar-refractivity contribution in [1.29, 1.82) is 0 Å². The molecule has 4 amide bonds. The van der Waals surface area contributed by atoms with Crippen LogP contribution in [0, 0.1) is 6.92 Å². The number of nitrogens with one attached hydrogen (secondary N) is 1. The molecule has 0 aliphatic carbocycles. The highest BCUT2D eigenvalue weighted by atomic mass is 79.9. The molecule has 0 aromatic heterocycles. The zero-order valence-corrected chi connectivity index (χ0v) is 24.8. The molecule has 1 N–H and O–H groups in total. The molecule has 0 radical (unpaired) electrons. The number of carbonyl (C=O) groups excluding carboxylic acids is 3. The van der Waals surface area contributed by atoms with E-state index in [9.17, 15) is 14.4 Å². The van der Waals surface area contributed by atoms with Gasteiger partial charge in [-0.05, 0) is 95.0 Å². The Bertz CT molecular complexity index is 1490. The third-order valence-corrected chi connectivity index (χ3v) is 7.73. The molecule has 1 fully saturated rings. The maximum absolute atomic E-state index is 13.3. The van der Waals surface area contributed by atoms with Crippen molar-refractivity contribution in [3.05, 3.63) is 89.8 Å². The standard InChI is InChI=1S/C27H20Br2Cl2N2O5/c1-3-37-23-12-16(10-20(29)24(23)38-13-15-4-7-21(30)22(31)11-15)9-18-25(34)32-27(36)33(26(18)35)17-5-6-19(28)14(2)8-17/h4-12H,3,13H2,1-2H3,(H,32,34,36)/b18-9+. The molecule has 38 heavy (non-hydrogen) atoms. The molecule has 4 rings (SSSR count). The fourth-order valence-corrected chi connectivity index (χ4v) is 4.83. The Kier molecular flexibility index (Phi) is 8.82. The number of amides is 4. The van der Waals surface area contributed by atoms with Gasteiger partial charge in [-0.25, -0.2) is 9.69 Å². The molecule has 1 aliphatic rings. The molecule has 3 aromatic rings. The molecule has 1 heterocycles. The molecule has 1 saturated heterocycles. The van der Waals surface area contributed by atoms with Gasteiger partial charge in [0.25, 0.3) is 11.8 Å². The summed E-state index contributed by atoms with van der Waals surface area (Å²) in [6.45, 7) is 4.20. The average Bonchev–Trinajstić information content (AvgIpc) is 2.85. The largest absolute Gasteiger partial charge is 0.490 e. The fraction of sp³-hybridized carbons (Fsp3) is 0.148. The van der Waals surface area contributed by atoms with Crippen LogP contribution in [-0.2, 0) is 16.2 Å². The van der Waals surface area contributed by atoms with Gasteiger partial charge < -0.3 is 9.47 Å². The lowest BCUT2D eigenvalue weighted by Crippen LogP contribution is -2.54. The number of imide groups is 2. The lowest BCUT2D eigenvalue weighted by molar-refractivity contribution is -0.122. The summed E-state index contributed by atoms with van der Waals surface area (Å²) in [5, 5.41) is 3.10. The molecule has 0 atom stereocenters. The highest BCUT2D eigenvalue weighted by Gasteiger charge is 2.37. The average molecular weight is 683 g/mol. The number of urea groups is 1. The van der Waals surface area contributed by atoms with Crippen LogP contribution < -0.4 is 19.7 Å². The van der Waals surface area contributed by atoms with Gasteiger partial charge in [-0.15, -0.1) is 0 Å². The second-order valence-corrected chi connectivity index (χ2v) is 10.7. The number of barbiturate groups is 1. The topological polar surface area (TPSA) is 84.9 Å². The number of halogens is 4. The van der Waals surface area contributed by atoms with E-state index in [1.54, 1.807) is 48.5 Å². The zero-order valence-electron chi connectivity index (χ0n) is 20.1. The predicted octanol–water partition coefficient (Wildman–Crippen LogP) is 7.47. The Morgan fingerprint density at radius 1 is 0.947 bits per heavy atom. The summed E-state index contributed by atoms with van der Waals surface area (Å²) in [7, 11) is 0. The van der Waals surface area contributed by atoms with Crippen LogP contribution >= 0.6 is 55.1 Å². The normalized spacial score (nSPS) is 14.6. The summed E-state index contributed by atoms with van der Waals surface area (Å²) in [4.78, 5) is 39.4. The molecular weight excluding hydrogens is 663 g/mol. The summed E-state index contributed by atoms with van der Waals surface area (Å²) in [5.41, 5.74) is 2.25. The zero-order chi connectivity index (χ0) is 27.6. The van der Waals surface area contributed by atoms with Gasteiger partial charge in [0, 0.05) is 4.47 Å². The predicted molar refractivity (Wildman–Crippen MR) is 154 cm³/mol. The van der Waals surface area contributed by atoms with Crippen molar-refractivity contribution < 1.29 is 23.9 Å². The fourth-order valence-electron chi connectivity index (χ4n) is 3.69. The van der Waals surface area contributed by atoms with E-state index >= 15 is 0 Å². The van der Waals surface area contributed by atoms with Crippen LogP contribution in [0.5, 0.6) is 11.5 Å². The molecule has 3 aromatic carbocycles. The SMILES string of the molecule is CCOc1cc(/C=C2\C(=O)NC(=O)N(c3ccc(Br)c(C)c3)C2=O)cc(Br)c1OCc1ccc(Cl)c(Cl)c1. The van der Waals surface area contributed by atoms with E-state index in [-0.39, 0.29) is 12.2 Å². The minimum Gasteiger partial charge on any atom is -0.490 e. The number of nitrogens with zero attached hydrogens (tertiary/aromatic N) is 1. The number of hydrogen-bond acceptors (Lipinski definition) is 5. The maximum Gasteiger partial charge on any atom is 0.335 e. The van der Waals surface area contributed by atoms with Crippen molar-refractivity contribution in [3.63, 3.8) is 0 Å². The van der Waals surface area contributed by atoms with Gasteiger partial charge >= 0.3 is 6.03 Å². The van der Waals surface area contributed by atoms with E-state index in [1.807, 2.05) is 13.8 Å². The third-order valence-electron chi connectivity index (χ3n) is 5.51. The van der Waals surface area contributed by atoms with Gasteiger partial charge in [0.2, 0.25) is 0 Å². The molecule has 0 spiro atoms. The molecule has 0 unspecified atom stereocenters. The Hall–Kier alpha value is -2.85. The van der Waals surface area contributed by atoms with E-state index < -0.39 is 17.8 Å². The number of benzene rings is 3. The van der Waals surface area contributed by atoms with Crippen molar-refractivity contribution in [1.82, 2.24) is 5.32 Å². The number of rotatable bonds is 7. The second-order valence-electron chi connectivity index (χ2n) is 8.19. The van der Waals surface area contributed by atoms with Crippen molar-refractivity contribution in [2.45, 2.75) is 20.5 Å². The first-order valence-corrected chi connectivity index (χ1v) is 13.6. The van der Waals surface area contributed by atoms with E-state index in [0.29, 0.717) is 43.9 Å². The van der Waals surface area contributed by atoms with Gasteiger partial charge in [-0.2, -0.15) is 0 Å². The highest BCUT2D eigenvalue weighted by molar-refractivity contribution is 9.10. The Morgan fingerprint density at radius 2 is 1.71 bits per heavy atom. The first kappa shape index (κ1) is 28.2. The highest BCUT2D eigenvalue weighted by Crippen LogP contribution is 2.38. The summed E-state index contributed by atoms with van der Waals surface area (Å²) in [5.74, 6) is -0.704. The molecular formula is C27H20Br2Cl2N2O5. The lowest BCUT2D eigenvalue weighted by atomic mass is 10.1. The number of carbonyl (C=O) groups is 3. The van der Waals surface area contributed by atoms with Crippen molar-refractivity contribution in [2.75, 3.05) is 11.5 Å². The quantitative estimate of drug-likeness (QED) is 0.207.